The summed E-state index contributed by atoms with van der Waals surface area (Å²) in [5.74, 6) is 0.731. The standard InChI is InChI=1S/C9H17NOS2/c11-7-8-13-9(12)10-5-3-1-2-4-6-10/h11H,1-8H2. The zero-order valence-corrected chi connectivity index (χ0v) is 9.50. The minimum absolute atomic E-state index is 0.221. The van der Waals surface area contributed by atoms with Crippen LogP contribution in [-0.4, -0.2) is 39.8 Å². The molecular formula is C9H17NOS2. The molecule has 0 radical (unpaired) electrons. The fraction of sp³-hybridized carbons (Fsp3) is 0.889. The summed E-state index contributed by atoms with van der Waals surface area (Å²) in [7, 11) is 0. The first-order chi connectivity index (χ1) is 6.34. The second-order valence-corrected chi connectivity index (χ2v) is 4.97. The maximum atomic E-state index is 8.67. The molecule has 76 valence electrons. The highest BCUT2D eigenvalue weighted by atomic mass is 32.2. The number of nitrogens with zero attached hydrogens (tertiary/aromatic N) is 1. The molecule has 0 unspecified atom stereocenters. The number of hydrogen-bond donors (Lipinski definition) is 1. The molecule has 1 aliphatic rings. The summed E-state index contributed by atoms with van der Waals surface area (Å²) in [4.78, 5) is 2.28. The van der Waals surface area contributed by atoms with Crippen LogP contribution in [0.3, 0.4) is 0 Å². The van der Waals surface area contributed by atoms with E-state index in [0.29, 0.717) is 0 Å². The van der Waals surface area contributed by atoms with E-state index in [9.17, 15) is 0 Å². The van der Waals surface area contributed by atoms with Gasteiger partial charge < -0.3 is 10.0 Å². The molecular weight excluding hydrogens is 202 g/mol. The number of aliphatic hydroxyl groups is 1. The minimum Gasteiger partial charge on any atom is -0.396 e. The largest absolute Gasteiger partial charge is 0.396 e. The van der Waals surface area contributed by atoms with E-state index in [1.165, 1.54) is 25.7 Å². The summed E-state index contributed by atoms with van der Waals surface area (Å²) < 4.78 is 0.968. The summed E-state index contributed by atoms with van der Waals surface area (Å²) in [6.07, 6.45) is 5.20. The number of hydrogen-bond acceptors (Lipinski definition) is 3. The fourth-order valence-electron chi connectivity index (χ4n) is 1.48. The Morgan fingerprint density at radius 3 is 2.38 bits per heavy atom. The van der Waals surface area contributed by atoms with Gasteiger partial charge in [0.1, 0.15) is 4.32 Å². The predicted octanol–water partition coefficient (Wildman–Crippen LogP) is 1.87. The maximum Gasteiger partial charge on any atom is 0.136 e. The van der Waals surface area contributed by atoms with E-state index in [1.54, 1.807) is 11.8 Å². The monoisotopic (exact) mass is 219 g/mol. The Kier molecular flexibility index (Phi) is 5.75. The van der Waals surface area contributed by atoms with E-state index in [1.807, 2.05) is 0 Å². The highest BCUT2D eigenvalue weighted by Crippen LogP contribution is 2.15. The molecule has 1 rings (SSSR count). The quantitative estimate of drug-likeness (QED) is 0.716. The van der Waals surface area contributed by atoms with Gasteiger partial charge in [-0.05, 0) is 12.8 Å². The number of thiocarbonyl (C=S) groups is 1. The molecule has 1 fully saturated rings. The van der Waals surface area contributed by atoms with Crippen molar-refractivity contribution in [2.75, 3.05) is 25.4 Å². The number of aliphatic hydroxyl groups excluding tert-OH is 1. The van der Waals surface area contributed by atoms with Crippen LogP contribution in [0.5, 0.6) is 0 Å². The molecule has 1 N–H and O–H groups in total. The second kappa shape index (κ2) is 6.62. The van der Waals surface area contributed by atoms with Crippen molar-refractivity contribution in [1.29, 1.82) is 0 Å². The lowest BCUT2D eigenvalue weighted by atomic mass is 10.2. The van der Waals surface area contributed by atoms with E-state index in [-0.39, 0.29) is 6.61 Å². The highest BCUT2D eigenvalue weighted by Gasteiger charge is 2.11. The first-order valence-electron chi connectivity index (χ1n) is 4.87. The molecule has 0 amide bonds. The van der Waals surface area contributed by atoms with Crippen LogP contribution in [0.15, 0.2) is 0 Å². The van der Waals surface area contributed by atoms with Gasteiger partial charge in [0.2, 0.25) is 0 Å². The Balaban J connectivity index is 2.26. The normalized spacial score (nSPS) is 18.4. The Bertz CT molecular complexity index is 156. The molecule has 0 atom stereocenters. The summed E-state index contributed by atoms with van der Waals surface area (Å²) in [6, 6.07) is 0. The molecule has 0 aromatic heterocycles. The SMILES string of the molecule is OCCSC(=S)N1CCCCCC1. The van der Waals surface area contributed by atoms with Crippen LogP contribution in [0, 0.1) is 0 Å². The number of thioether (sulfide) groups is 1. The molecule has 1 saturated heterocycles. The molecule has 4 heteroatoms. The molecule has 1 aliphatic heterocycles. The van der Waals surface area contributed by atoms with Gasteiger partial charge in [-0.2, -0.15) is 0 Å². The Morgan fingerprint density at radius 1 is 1.23 bits per heavy atom. The zero-order chi connectivity index (χ0) is 9.52. The Labute approximate surface area is 89.7 Å². The Hall–Kier alpha value is 0.200. The van der Waals surface area contributed by atoms with Gasteiger partial charge in [-0.15, -0.1) is 0 Å². The maximum absolute atomic E-state index is 8.67. The molecule has 0 aliphatic carbocycles. The molecule has 0 bridgehead atoms. The average molecular weight is 219 g/mol. The lowest BCUT2D eigenvalue weighted by molar-refractivity contribution is 0.322. The molecule has 0 spiro atoms. The summed E-state index contributed by atoms with van der Waals surface area (Å²) in [6.45, 7) is 2.44. The number of likely N-dealkylation sites (tertiary alicyclic amines) is 1. The van der Waals surface area contributed by atoms with E-state index < -0.39 is 0 Å². The summed E-state index contributed by atoms with van der Waals surface area (Å²) in [5.41, 5.74) is 0. The highest BCUT2D eigenvalue weighted by molar-refractivity contribution is 8.22. The molecule has 0 saturated carbocycles. The second-order valence-electron chi connectivity index (χ2n) is 3.24. The molecule has 2 nitrogen and oxygen atoms in total. The van der Waals surface area contributed by atoms with Gasteiger partial charge in [0.15, 0.2) is 0 Å². The lowest BCUT2D eigenvalue weighted by Gasteiger charge is -2.22. The van der Waals surface area contributed by atoms with Crippen molar-refractivity contribution < 1.29 is 5.11 Å². The zero-order valence-electron chi connectivity index (χ0n) is 7.87. The van der Waals surface area contributed by atoms with Gasteiger partial charge in [0, 0.05) is 18.8 Å². The lowest BCUT2D eigenvalue weighted by Crippen LogP contribution is -2.28. The third-order valence-corrected chi connectivity index (χ3v) is 3.68. The smallest absolute Gasteiger partial charge is 0.136 e. The predicted molar refractivity (Wildman–Crippen MR) is 62.2 cm³/mol. The first kappa shape index (κ1) is 11.3. The van der Waals surface area contributed by atoms with Crippen LogP contribution in [0.25, 0.3) is 0 Å². The molecule has 13 heavy (non-hydrogen) atoms. The molecule has 1 heterocycles. The minimum atomic E-state index is 0.221. The van der Waals surface area contributed by atoms with Gasteiger partial charge in [0.25, 0.3) is 0 Å². The van der Waals surface area contributed by atoms with Crippen molar-refractivity contribution in [3.05, 3.63) is 0 Å². The third kappa shape index (κ3) is 4.29. The first-order valence-corrected chi connectivity index (χ1v) is 6.26. The van der Waals surface area contributed by atoms with Crippen molar-refractivity contribution in [3.8, 4) is 0 Å². The Morgan fingerprint density at radius 2 is 1.85 bits per heavy atom. The van der Waals surface area contributed by atoms with Gasteiger partial charge in [0.05, 0.1) is 6.61 Å². The van der Waals surface area contributed by atoms with Crippen molar-refractivity contribution in [3.63, 3.8) is 0 Å². The fourth-order valence-corrected chi connectivity index (χ4v) is 2.54. The summed E-state index contributed by atoms with van der Waals surface area (Å²) >= 11 is 6.88. The van der Waals surface area contributed by atoms with Crippen LogP contribution in [0.4, 0.5) is 0 Å². The van der Waals surface area contributed by atoms with Crippen molar-refractivity contribution in [1.82, 2.24) is 4.90 Å². The van der Waals surface area contributed by atoms with Gasteiger partial charge >= 0.3 is 0 Å². The van der Waals surface area contributed by atoms with E-state index in [0.717, 1.165) is 23.2 Å². The van der Waals surface area contributed by atoms with Gasteiger partial charge in [-0.25, -0.2) is 0 Å². The summed E-state index contributed by atoms with van der Waals surface area (Å²) in [5, 5.41) is 8.67. The van der Waals surface area contributed by atoms with Crippen LogP contribution >= 0.6 is 24.0 Å². The topological polar surface area (TPSA) is 23.5 Å². The number of rotatable bonds is 2. The van der Waals surface area contributed by atoms with Crippen LogP contribution < -0.4 is 0 Å². The van der Waals surface area contributed by atoms with Crippen LogP contribution in [-0.2, 0) is 0 Å². The molecule has 0 aromatic rings. The van der Waals surface area contributed by atoms with Gasteiger partial charge in [-0.1, -0.05) is 36.8 Å². The van der Waals surface area contributed by atoms with E-state index in [2.05, 4.69) is 4.90 Å². The average Bonchev–Trinajstić information content (AvgIpc) is 2.42. The van der Waals surface area contributed by atoms with Gasteiger partial charge in [-0.3, -0.25) is 0 Å². The van der Waals surface area contributed by atoms with Crippen molar-refractivity contribution in [2.24, 2.45) is 0 Å². The van der Waals surface area contributed by atoms with Crippen molar-refractivity contribution in [2.45, 2.75) is 25.7 Å². The third-order valence-electron chi connectivity index (χ3n) is 2.18. The van der Waals surface area contributed by atoms with Crippen LogP contribution in [0.1, 0.15) is 25.7 Å². The van der Waals surface area contributed by atoms with Crippen molar-refractivity contribution >= 4 is 28.3 Å². The van der Waals surface area contributed by atoms with E-state index >= 15 is 0 Å². The van der Waals surface area contributed by atoms with E-state index in [4.69, 9.17) is 17.3 Å². The van der Waals surface area contributed by atoms with Crippen LogP contribution in [0.2, 0.25) is 0 Å². The molecule has 0 aromatic carbocycles.